The van der Waals surface area contributed by atoms with E-state index in [0.29, 0.717) is 12.5 Å². The Morgan fingerprint density at radius 2 is 1.83 bits per heavy atom. The predicted octanol–water partition coefficient (Wildman–Crippen LogP) is 2.60. The van der Waals surface area contributed by atoms with Gasteiger partial charge in [0.05, 0.1) is 6.54 Å². The summed E-state index contributed by atoms with van der Waals surface area (Å²) in [5.74, 6) is 0.447. The molecule has 0 bridgehead atoms. The van der Waals surface area contributed by atoms with Crippen molar-refractivity contribution in [1.29, 1.82) is 0 Å². The van der Waals surface area contributed by atoms with Gasteiger partial charge in [0.25, 0.3) is 6.43 Å². The first-order chi connectivity index (χ1) is 5.56. The third kappa shape index (κ3) is 6.98. The largest absolute Gasteiger partial charge is 0.297 e. The topological polar surface area (TPSA) is 3.24 Å². The van der Waals surface area contributed by atoms with Crippen molar-refractivity contribution in [3.05, 3.63) is 0 Å². The second kappa shape index (κ2) is 6.78. The van der Waals surface area contributed by atoms with Crippen LogP contribution in [0.4, 0.5) is 8.78 Å². The zero-order chi connectivity index (χ0) is 9.56. The van der Waals surface area contributed by atoms with Gasteiger partial charge in [-0.2, -0.15) is 0 Å². The minimum atomic E-state index is -2.22. The van der Waals surface area contributed by atoms with Crippen LogP contribution in [0.25, 0.3) is 0 Å². The summed E-state index contributed by atoms with van der Waals surface area (Å²) in [5.41, 5.74) is 0. The van der Waals surface area contributed by atoms with E-state index in [-0.39, 0.29) is 6.54 Å². The molecule has 0 spiro atoms. The number of alkyl halides is 3. The Labute approximate surface area is 81.3 Å². The zero-order valence-electron chi connectivity index (χ0n) is 7.56. The van der Waals surface area contributed by atoms with Crippen molar-refractivity contribution in [1.82, 2.24) is 4.90 Å². The van der Waals surface area contributed by atoms with Crippen LogP contribution < -0.4 is 0 Å². The maximum atomic E-state index is 12.0. The van der Waals surface area contributed by atoms with Gasteiger partial charge >= 0.3 is 0 Å². The van der Waals surface area contributed by atoms with Crippen LogP contribution in [-0.4, -0.2) is 36.3 Å². The average Bonchev–Trinajstić information content (AvgIpc) is 1.84. The summed E-state index contributed by atoms with van der Waals surface area (Å²) in [6.45, 7) is 5.40. The van der Waals surface area contributed by atoms with Gasteiger partial charge in [0.2, 0.25) is 0 Å². The summed E-state index contributed by atoms with van der Waals surface area (Å²) < 4.78 is 24.0. The van der Waals surface area contributed by atoms with E-state index < -0.39 is 6.43 Å². The lowest BCUT2D eigenvalue weighted by atomic mass is 10.2. The van der Waals surface area contributed by atoms with Crippen molar-refractivity contribution in [3.8, 4) is 0 Å². The normalized spacial score (nSPS) is 12.0. The fourth-order valence-electron chi connectivity index (χ4n) is 1.09. The summed E-state index contributed by atoms with van der Waals surface area (Å²) in [4.78, 5) is 1.78. The molecule has 0 amide bonds. The molecule has 12 heavy (non-hydrogen) atoms. The molecule has 0 aliphatic carbocycles. The maximum Gasteiger partial charge on any atom is 0.251 e. The lowest BCUT2D eigenvalue weighted by molar-refractivity contribution is 0.0860. The highest BCUT2D eigenvalue weighted by Gasteiger charge is 2.12. The molecular weight excluding hydrogens is 228 g/mol. The van der Waals surface area contributed by atoms with Crippen molar-refractivity contribution in [2.24, 2.45) is 5.92 Å². The lowest BCUT2D eigenvalue weighted by Gasteiger charge is -2.22. The van der Waals surface area contributed by atoms with Crippen molar-refractivity contribution in [2.45, 2.75) is 20.3 Å². The molecule has 0 aliphatic heterocycles. The van der Waals surface area contributed by atoms with E-state index in [0.717, 1.165) is 11.9 Å². The summed E-state index contributed by atoms with van der Waals surface area (Å²) in [5, 5.41) is 0.756. The molecule has 0 fully saturated rings. The smallest absolute Gasteiger partial charge is 0.251 e. The second-order valence-electron chi connectivity index (χ2n) is 3.23. The highest BCUT2D eigenvalue weighted by atomic mass is 79.9. The fraction of sp³-hybridized carbons (Fsp3) is 1.00. The van der Waals surface area contributed by atoms with E-state index in [4.69, 9.17) is 0 Å². The highest BCUT2D eigenvalue weighted by Crippen LogP contribution is 2.03. The third-order valence-corrected chi connectivity index (χ3v) is 1.77. The molecule has 0 aliphatic rings. The number of hydrogen-bond donors (Lipinski definition) is 0. The van der Waals surface area contributed by atoms with E-state index in [1.165, 1.54) is 0 Å². The summed E-state index contributed by atoms with van der Waals surface area (Å²) in [6, 6.07) is 0. The average molecular weight is 244 g/mol. The van der Waals surface area contributed by atoms with Crippen molar-refractivity contribution in [3.63, 3.8) is 0 Å². The van der Waals surface area contributed by atoms with Crippen molar-refractivity contribution in [2.75, 3.05) is 25.0 Å². The van der Waals surface area contributed by atoms with Crippen LogP contribution in [0.1, 0.15) is 13.8 Å². The number of halogens is 3. The Morgan fingerprint density at radius 1 is 1.25 bits per heavy atom. The Hall–Kier alpha value is 0.300. The van der Waals surface area contributed by atoms with Crippen molar-refractivity contribution < 1.29 is 8.78 Å². The van der Waals surface area contributed by atoms with Crippen LogP contribution in [0, 0.1) is 5.92 Å². The van der Waals surface area contributed by atoms with E-state index in [9.17, 15) is 8.78 Å². The number of rotatable bonds is 6. The first kappa shape index (κ1) is 12.3. The zero-order valence-corrected chi connectivity index (χ0v) is 9.15. The molecule has 0 N–H and O–H groups in total. The van der Waals surface area contributed by atoms with Crippen LogP contribution in [0.3, 0.4) is 0 Å². The summed E-state index contributed by atoms with van der Waals surface area (Å²) >= 11 is 3.24. The van der Waals surface area contributed by atoms with Crippen LogP contribution in [0.2, 0.25) is 0 Å². The molecule has 0 unspecified atom stereocenters. The molecular formula is C8H16BrF2N. The van der Waals surface area contributed by atoms with Gasteiger partial charge in [-0.05, 0) is 5.92 Å². The molecule has 74 valence electrons. The van der Waals surface area contributed by atoms with Gasteiger partial charge in [0.15, 0.2) is 0 Å². The van der Waals surface area contributed by atoms with Gasteiger partial charge < -0.3 is 0 Å². The van der Waals surface area contributed by atoms with E-state index in [2.05, 4.69) is 15.9 Å². The Balaban J connectivity index is 3.69. The predicted molar refractivity (Wildman–Crippen MR) is 51.1 cm³/mol. The number of hydrogen-bond acceptors (Lipinski definition) is 1. The van der Waals surface area contributed by atoms with Gasteiger partial charge in [-0.3, -0.25) is 4.90 Å². The standard InChI is InChI=1S/C8H16BrF2N/c1-7(2)5-12(4-3-9)6-8(10)11/h7-8H,3-6H2,1-2H3. The molecule has 0 aromatic heterocycles. The molecule has 0 saturated carbocycles. The third-order valence-electron chi connectivity index (χ3n) is 1.42. The highest BCUT2D eigenvalue weighted by molar-refractivity contribution is 9.09. The first-order valence-corrected chi connectivity index (χ1v) is 5.25. The minimum absolute atomic E-state index is 0.107. The first-order valence-electron chi connectivity index (χ1n) is 4.12. The van der Waals surface area contributed by atoms with Gasteiger partial charge in [0, 0.05) is 18.4 Å². The van der Waals surface area contributed by atoms with Gasteiger partial charge in [-0.25, -0.2) is 8.78 Å². The molecule has 0 atom stereocenters. The van der Waals surface area contributed by atoms with Gasteiger partial charge in [0.1, 0.15) is 0 Å². The Morgan fingerprint density at radius 3 is 2.17 bits per heavy atom. The van der Waals surface area contributed by atoms with E-state index >= 15 is 0 Å². The Kier molecular flexibility index (Phi) is 6.95. The van der Waals surface area contributed by atoms with Crippen LogP contribution in [0.5, 0.6) is 0 Å². The quantitative estimate of drug-likeness (QED) is 0.649. The molecule has 0 radical (unpaired) electrons. The van der Waals surface area contributed by atoms with Crippen LogP contribution in [-0.2, 0) is 0 Å². The molecule has 0 aromatic carbocycles. The molecule has 0 heterocycles. The molecule has 0 aromatic rings. The van der Waals surface area contributed by atoms with Gasteiger partial charge in [-0.15, -0.1) is 0 Å². The molecule has 0 rings (SSSR count). The fourth-order valence-corrected chi connectivity index (χ4v) is 1.59. The number of nitrogens with zero attached hydrogens (tertiary/aromatic N) is 1. The van der Waals surface area contributed by atoms with Gasteiger partial charge in [-0.1, -0.05) is 29.8 Å². The van der Waals surface area contributed by atoms with E-state index in [1.54, 1.807) is 4.90 Å². The van der Waals surface area contributed by atoms with Crippen LogP contribution >= 0.6 is 15.9 Å². The summed E-state index contributed by atoms with van der Waals surface area (Å²) in [6.07, 6.45) is -2.22. The minimum Gasteiger partial charge on any atom is -0.297 e. The molecule has 1 nitrogen and oxygen atoms in total. The maximum absolute atomic E-state index is 12.0. The molecule has 0 saturated heterocycles. The Bertz CT molecular complexity index is 99.2. The molecule has 4 heteroatoms. The lowest BCUT2D eigenvalue weighted by Crippen LogP contribution is -2.33. The van der Waals surface area contributed by atoms with E-state index in [1.807, 2.05) is 13.8 Å². The second-order valence-corrected chi connectivity index (χ2v) is 4.03. The SMILES string of the molecule is CC(C)CN(CCBr)CC(F)F. The summed E-state index contributed by atoms with van der Waals surface area (Å²) in [7, 11) is 0. The van der Waals surface area contributed by atoms with Crippen molar-refractivity contribution >= 4 is 15.9 Å². The van der Waals surface area contributed by atoms with Crippen LogP contribution in [0.15, 0.2) is 0 Å². The monoisotopic (exact) mass is 243 g/mol.